The van der Waals surface area contributed by atoms with Gasteiger partial charge in [-0.15, -0.1) is 0 Å². The van der Waals surface area contributed by atoms with Gasteiger partial charge in [-0.3, -0.25) is 4.99 Å². The van der Waals surface area contributed by atoms with Gasteiger partial charge >= 0.3 is 0 Å². The summed E-state index contributed by atoms with van der Waals surface area (Å²) in [5.41, 5.74) is 3.72. The molecular formula is C11H16N2. The van der Waals surface area contributed by atoms with Crippen molar-refractivity contribution in [1.82, 2.24) is 4.90 Å². The van der Waals surface area contributed by atoms with Crippen LogP contribution in [0.5, 0.6) is 0 Å². The minimum atomic E-state index is 1.03. The van der Waals surface area contributed by atoms with Gasteiger partial charge in [0.25, 0.3) is 0 Å². The number of hydrogen-bond donors (Lipinski definition) is 0. The second-order valence-corrected chi connectivity index (χ2v) is 3.22. The van der Waals surface area contributed by atoms with Crippen LogP contribution in [-0.2, 0) is 0 Å². The third-order valence-corrected chi connectivity index (χ3v) is 2.45. The molecular weight excluding hydrogens is 160 g/mol. The predicted octanol–water partition coefficient (Wildman–Crippen LogP) is 2.37. The maximum atomic E-state index is 3.81. The topological polar surface area (TPSA) is 15.6 Å². The highest BCUT2D eigenvalue weighted by Gasteiger charge is 2.15. The van der Waals surface area contributed by atoms with E-state index in [0.717, 1.165) is 18.7 Å². The van der Waals surface area contributed by atoms with E-state index in [0.29, 0.717) is 0 Å². The molecule has 0 atom stereocenters. The summed E-state index contributed by atoms with van der Waals surface area (Å²) in [6, 6.07) is 0. The fraction of sp³-hybridized carbons (Fsp3) is 0.364. The highest BCUT2D eigenvalue weighted by atomic mass is 15.1. The van der Waals surface area contributed by atoms with Gasteiger partial charge in [0.05, 0.1) is 5.70 Å². The molecule has 0 aromatic heterocycles. The number of aliphatic imine (C=N–C) groups is 1. The molecule has 70 valence electrons. The minimum absolute atomic E-state index is 1.03. The normalized spacial score (nSPS) is 20.8. The third kappa shape index (κ3) is 1.89. The first-order chi connectivity index (χ1) is 6.20. The molecule has 1 aliphatic rings. The molecule has 0 radical (unpaired) electrons. The number of nitrogens with zero attached hydrogens (tertiary/aromatic N) is 2. The smallest absolute Gasteiger partial charge is 0.0581 e. The van der Waals surface area contributed by atoms with Crippen LogP contribution in [0.3, 0.4) is 0 Å². The van der Waals surface area contributed by atoms with E-state index in [2.05, 4.69) is 37.2 Å². The SMILES string of the molecule is C=CC1=C(C)/C(=C/N=C)N(C)CC1. The molecule has 0 spiro atoms. The second-order valence-electron chi connectivity index (χ2n) is 3.22. The van der Waals surface area contributed by atoms with Crippen molar-refractivity contribution in [3.05, 3.63) is 35.7 Å². The number of rotatable bonds is 2. The number of likely N-dealkylation sites (N-methyl/N-ethyl adjacent to an activating group) is 1. The quantitative estimate of drug-likeness (QED) is 0.590. The lowest BCUT2D eigenvalue weighted by molar-refractivity contribution is 0.412. The van der Waals surface area contributed by atoms with Gasteiger partial charge in [0, 0.05) is 19.8 Å². The molecule has 0 saturated heterocycles. The Morgan fingerprint density at radius 1 is 1.54 bits per heavy atom. The molecule has 1 aliphatic heterocycles. The second kappa shape index (κ2) is 4.08. The van der Waals surface area contributed by atoms with Crippen molar-refractivity contribution in [3.8, 4) is 0 Å². The van der Waals surface area contributed by atoms with Gasteiger partial charge in [-0.1, -0.05) is 12.7 Å². The zero-order valence-corrected chi connectivity index (χ0v) is 8.38. The fourth-order valence-electron chi connectivity index (χ4n) is 1.58. The van der Waals surface area contributed by atoms with Crippen molar-refractivity contribution in [1.29, 1.82) is 0 Å². The molecule has 0 bridgehead atoms. The van der Waals surface area contributed by atoms with Crippen molar-refractivity contribution in [2.24, 2.45) is 4.99 Å². The van der Waals surface area contributed by atoms with E-state index in [4.69, 9.17) is 0 Å². The van der Waals surface area contributed by atoms with Gasteiger partial charge in [-0.05, 0) is 31.2 Å². The number of allylic oxidation sites excluding steroid dienone is 2. The van der Waals surface area contributed by atoms with Crippen LogP contribution in [0.1, 0.15) is 13.3 Å². The molecule has 0 saturated carbocycles. The van der Waals surface area contributed by atoms with Crippen LogP contribution in [0.25, 0.3) is 0 Å². The molecule has 0 aromatic rings. The molecule has 0 N–H and O–H groups in total. The minimum Gasteiger partial charge on any atom is -0.373 e. The van der Waals surface area contributed by atoms with Gasteiger partial charge < -0.3 is 4.90 Å². The van der Waals surface area contributed by atoms with Crippen molar-refractivity contribution in [2.75, 3.05) is 13.6 Å². The van der Waals surface area contributed by atoms with E-state index >= 15 is 0 Å². The third-order valence-electron chi connectivity index (χ3n) is 2.45. The fourth-order valence-corrected chi connectivity index (χ4v) is 1.58. The van der Waals surface area contributed by atoms with Crippen LogP contribution >= 0.6 is 0 Å². The van der Waals surface area contributed by atoms with Crippen LogP contribution in [0.15, 0.2) is 40.7 Å². The van der Waals surface area contributed by atoms with E-state index in [1.165, 1.54) is 11.1 Å². The summed E-state index contributed by atoms with van der Waals surface area (Å²) in [4.78, 5) is 6.00. The Labute approximate surface area is 80.0 Å². The molecule has 0 aliphatic carbocycles. The monoisotopic (exact) mass is 176 g/mol. The summed E-state index contributed by atoms with van der Waals surface area (Å²) in [7, 11) is 2.07. The van der Waals surface area contributed by atoms with Gasteiger partial charge in [-0.25, -0.2) is 0 Å². The highest BCUT2D eigenvalue weighted by molar-refractivity contribution is 5.41. The summed E-state index contributed by atoms with van der Waals surface area (Å²) in [5, 5.41) is 0. The van der Waals surface area contributed by atoms with E-state index in [-0.39, 0.29) is 0 Å². The van der Waals surface area contributed by atoms with E-state index < -0.39 is 0 Å². The summed E-state index contributed by atoms with van der Waals surface area (Å²) in [5.74, 6) is 0. The van der Waals surface area contributed by atoms with E-state index in [1.807, 2.05) is 6.08 Å². The highest BCUT2D eigenvalue weighted by Crippen LogP contribution is 2.25. The first-order valence-electron chi connectivity index (χ1n) is 4.40. The molecule has 13 heavy (non-hydrogen) atoms. The van der Waals surface area contributed by atoms with Crippen molar-refractivity contribution in [2.45, 2.75) is 13.3 Å². The van der Waals surface area contributed by atoms with Gasteiger partial charge in [0.1, 0.15) is 0 Å². The Bertz CT molecular complexity index is 284. The zero-order chi connectivity index (χ0) is 9.84. The van der Waals surface area contributed by atoms with Crippen LogP contribution in [0, 0.1) is 0 Å². The van der Waals surface area contributed by atoms with Crippen LogP contribution in [0.4, 0.5) is 0 Å². The summed E-state index contributed by atoms with van der Waals surface area (Å²) >= 11 is 0. The number of hydrogen-bond acceptors (Lipinski definition) is 2. The maximum absolute atomic E-state index is 3.81. The molecule has 1 rings (SSSR count). The van der Waals surface area contributed by atoms with E-state index in [1.54, 1.807) is 6.20 Å². The Morgan fingerprint density at radius 2 is 2.23 bits per heavy atom. The van der Waals surface area contributed by atoms with Gasteiger partial charge in [0.15, 0.2) is 0 Å². The summed E-state index contributed by atoms with van der Waals surface area (Å²) in [6.07, 6.45) is 4.80. The molecule has 0 aromatic carbocycles. The molecule has 0 amide bonds. The Morgan fingerprint density at radius 3 is 2.77 bits per heavy atom. The largest absolute Gasteiger partial charge is 0.373 e. The molecule has 2 nitrogen and oxygen atoms in total. The zero-order valence-electron chi connectivity index (χ0n) is 8.38. The first kappa shape index (κ1) is 9.78. The van der Waals surface area contributed by atoms with E-state index in [9.17, 15) is 0 Å². The average Bonchev–Trinajstić information content (AvgIpc) is 2.12. The lowest BCUT2D eigenvalue weighted by Crippen LogP contribution is -2.24. The lowest BCUT2D eigenvalue weighted by Gasteiger charge is -2.29. The first-order valence-corrected chi connectivity index (χ1v) is 4.40. The standard InChI is InChI=1S/C11H16N2/c1-5-10-6-7-13(4)11(8-12-3)9(10)2/h5,8H,1,3,6-7H2,2,4H3/b11-8-. The summed E-state index contributed by atoms with van der Waals surface area (Å²) < 4.78 is 0. The average molecular weight is 176 g/mol. The molecule has 0 fully saturated rings. The van der Waals surface area contributed by atoms with Crippen molar-refractivity contribution < 1.29 is 0 Å². The van der Waals surface area contributed by atoms with Gasteiger partial charge in [0.2, 0.25) is 0 Å². The lowest BCUT2D eigenvalue weighted by atomic mass is 9.99. The van der Waals surface area contributed by atoms with Crippen LogP contribution in [0.2, 0.25) is 0 Å². The Hall–Kier alpha value is -1.31. The molecule has 0 unspecified atom stereocenters. The maximum Gasteiger partial charge on any atom is 0.0581 e. The Balaban J connectivity index is 3.09. The predicted molar refractivity (Wildman–Crippen MR) is 57.8 cm³/mol. The summed E-state index contributed by atoms with van der Waals surface area (Å²) in [6.45, 7) is 10.4. The molecule has 2 heteroatoms. The van der Waals surface area contributed by atoms with Crippen molar-refractivity contribution in [3.63, 3.8) is 0 Å². The Kier molecular flexibility index (Phi) is 3.07. The van der Waals surface area contributed by atoms with Crippen LogP contribution in [-0.4, -0.2) is 25.2 Å². The van der Waals surface area contributed by atoms with Crippen LogP contribution < -0.4 is 0 Å². The van der Waals surface area contributed by atoms with Crippen molar-refractivity contribution >= 4 is 6.72 Å². The molecule has 1 heterocycles. The van der Waals surface area contributed by atoms with Gasteiger partial charge in [-0.2, -0.15) is 0 Å².